The molecular formula is C17H19ClN4O4. The van der Waals surface area contributed by atoms with Crippen LogP contribution in [0.4, 0.5) is 0 Å². The third-order valence-corrected chi connectivity index (χ3v) is 4.67. The molecule has 3 rings (SSSR count). The maximum Gasteiger partial charge on any atom is 0.328 e. The third-order valence-electron chi connectivity index (χ3n) is 4.36. The number of aromatic nitrogens is 3. The average molecular weight is 379 g/mol. The second-order valence-corrected chi connectivity index (χ2v) is 6.70. The van der Waals surface area contributed by atoms with Crippen molar-refractivity contribution in [1.29, 1.82) is 0 Å². The molecule has 2 unspecified atom stereocenters. The van der Waals surface area contributed by atoms with Crippen LogP contribution in [0, 0.1) is 13.8 Å². The first-order chi connectivity index (χ1) is 12.3. The van der Waals surface area contributed by atoms with Crippen LogP contribution in [0.2, 0.25) is 5.02 Å². The van der Waals surface area contributed by atoms with Gasteiger partial charge in [0.25, 0.3) is 5.91 Å². The Morgan fingerprint density at radius 1 is 1.35 bits per heavy atom. The summed E-state index contributed by atoms with van der Waals surface area (Å²) in [6.45, 7) is 5.37. The van der Waals surface area contributed by atoms with Gasteiger partial charge in [-0.3, -0.25) is 4.79 Å². The highest BCUT2D eigenvalue weighted by atomic mass is 35.5. The van der Waals surface area contributed by atoms with Gasteiger partial charge in [0.05, 0.1) is 18.1 Å². The molecule has 1 aliphatic rings. The first-order valence-corrected chi connectivity index (χ1v) is 8.50. The summed E-state index contributed by atoms with van der Waals surface area (Å²) in [6, 6.07) is 4.25. The van der Waals surface area contributed by atoms with Gasteiger partial charge in [0.1, 0.15) is 17.6 Å². The van der Waals surface area contributed by atoms with Crippen LogP contribution < -0.4 is 4.74 Å². The first-order valence-electron chi connectivity index (χ1n) is 8.12. The van der Waals surface area contributed by atoms with E-state index in [1.165, 1.54) is 4.90 Å². The lowest BCUT2D eigenvalue weighted by Crippen LogP contribution is -2.54. The summed E-state index contributed by atoms with van der Waals surface area (Å²) >= 11 is 6.11. The van der Waals surface area contributed by atoms with Crippen molar-refractivity contribution in [2.75, 3.05) is 0 Å². The van der Waals surface area contributed by atoms with E-state index < -0.39 is 24.0 Å². The molecule has 26 heavy (non-hydrogen) atoms. The molecule has 0 radical (unpaired) electrons. The molecule has 1 aliphatic heterocycles. The number of nitrogens with zero attached hydrogens (tertiary/aromatic N) is 4. The molecule has 1 aromatic heterocycles. The van der Waals surface area contributed by atoms with Crippen molar-refractivity contribution in [1.82, 2.24) is 19.7 Å². The van der Waals surface area contributed by atoms with Gasteiger partial charge in [-0.1, -0.05) is 17.7 Å². The van der Waals surface area contributed by atoms with E-state index >= 15 is 0 Å². The van der Waals surface area contributed by atoms with E-state index in [4.69, 9.17) is 16.3 Å². The molecule has 8 nitrogen and oxygen atoms in total. The minimum Gasteiger partial charge on any atom is -0.480 e. The Hall–Kier alpha value is -2.61. The predicted molar refractivity (Wildman–Crippen MR) is 93.0 cm³/mol. The minimum absolute atomic E-state index is 0.0614. The van der Waals surface area contributed by atoms with Gasteiger partial charge in [0.15, 0.2) is 11.9 Å². The number of halogens is 1. The summed E-state index contributed by atoms with van der Waals surface area (Å²) < 4.78 is 7.42. The van der Waals surface area contributed by atoms with Crippen molar-refractivity contribution in [3.05, 3.63) is 40.4 Å². The Kier molecular flexibility index (Phi) is 4.86. The molecule has 0 saturated heterocycles. The number of amides is 1. The topological polar surface area (TPSA) is 97.5 Å². The second kappa shape index (κ2) is 6.95. The standard InChI is InChI=1S/C17H19ClN4O4/c1-9-4-5-12(18)14(6-9)26-10(2)16(23)22-8-15-20-19-11(3)21(15)7-13(22)17(24)25/h4-6,10,13H,7-8H2,1-3H3,(H,24,25). The summed E-state index contributed by atoms with van der Waals surface area (Å²) in [5, 5.41) is 17.9. The van der Waals surface area contributed by atoms with Crippen molar-refractivity contribution < 1.29 is 19.4 Å². The number of carboxylic acid groups (broad SMARTS) is 1. The van der Waals surface area contributed by atoms with E-state index in [0.29, 0.717) is 22.4 Å². The van der Waals surface area contributed by atoms with Crippen LogP contribution in [0.3, 0.4) is 0 Å². The van der Waals surface area contributed by atoms with Crippen LogP contribution in [0.1, 0.15) is 24.1 Å². The summed E-state index contributed by atoms with van der Waals surface area (Å²) in [4.78, 5) is 25.8. The molecule has 1 aromatic carbocycles. The van der Waals surface area contributed by atoms with Gasteiger partial charge in [0.2, 0.25) is 0 Å². The number of ether oxygens (including phenoxy) is 1. The molecular weight excluding hydrogens is 360 g/mol. The average Bonchev–Trinajstić information content (AvgIpc) is 2.96. The smallest absolute Gasteiger partial charge is 0.328 e. The van der Waals surface area contributed by atoms with E-state index in [9.17, 15) is 14.7 Å². The van der Waals surface area contributed by atoms with Crippen molar-refractivity contribution in [3.8, 4) is 5.75 Å². The number of fused-ring (bicyclic) bond motifs is 1. The molecule has 0 saturated carbocycles. The van der Waals surface area contributed by atoms with Crippen LogP contribution >= 0.6 is 11.6 Å². The number of carbonyl (C=O) groups excluding carboxylic acids is 1. The van der Waals surface area contributed by atoms with E-state index in [0.717, 1.165) is 5.56 Å². The van der Waals surface area contributed by atoms with Gasteiger partial charge in [-0.2, -0.15) is 0 Å². The van der Waals surface area contributed by atoms with Crippen molar-refractivity contribution in [2.24, 2.45) is 0 Å². The van der Waals surface area contributed by atoms with Crippen LogP contribution in [0.5, 0.6) is 5.75 Å². The van der Waals surface area contributed by atoms with Crippen molar-refractivity contribution in [2.45, 2.75) is 46.0 Å². The number of carboxylic acids is 1. The fourth-order valence-electron chi connectivity index (χ4n) is 2.93. The fraction of sp³-hybridized carbons (Fsp3) is 0.412. The zero-order chi connectivity index (χ0) is 19.0. The third kappa shape index (κ3) is 3.37. The molecule has 0 fully saturated rings. The minimum atomic E-state index is -1.09. The molecule has 1 N–H and O–H groups in total. The number of aryl methyl sites for hydroxylation is 2. The number of benzene rings is 1. The molecule has 2 aromatic rings. The predicted octanol–water partition coefficient (Wildman–Crippen LogP) is 1.81. The zero-order valence-electron chi connectivity index (χ0n) is 14.6. The maximum atomic E-state index is 12.9. The zero-order valence-corrected chi connectivity index (χ0v) is 15.4. The highest BCUT2D eigenvalue weighted by Gasteiger charge is 2.38. The van der Waals surface area contributed by atoms with E-state index in [1.54, 1.807) is 30.5 Å². The summed E-state index contributed by atoms with van der Waals surface area (Å²) in [7, 11) is 0. The lowest BCUT2D eigenvalue weighted by Gasteiger charge is -2.35. The Bertz CT molecular complexity index is 866. The summed E-state index contributed by atoms with van der Waals surface area (Å²) in [6.07, 6.45) is -0.897. The largest absolute Gasteiger partial charge is 0.480 e. The van der Waals surface area contributed by atoms with Crippen LogP contribution in [-0.4, -0.2) is 48.8 Å². The summed E-state index contributed by atoms with van der Waals surface area (Å²) in [5.74, 6) is 0.0264. The fourth-order valence-corrected chi connectivity index (χ4v) is 3.09. The van der Waals surface area contributed by atoms with E-state index in [-0.39, 0.29) is 13.1 Å². The summed E-state index contributed by atoms with van der Waals surface area (Å²) in [5.41, 5.74) is 0.939. The van der Waals surface area contributed by atoms with Crippen LogP contribution in [-0.2, 0) is 22.7 Å². The molecule has 2 heterocycles. The van der Waals surface area contributed by atoms with E-state index in [2.05, 4.69) is 10.2 Å². The highest BCUT2D eigenvalue weighted by molar-refractivity contribution is 6.32. The van der Waals surface area contributed by atoms with Crippen molar-refractivity contribution in [3.63, 3.8) is 0 Å². The maximum absolute atomic E-state index is 12.9. The Morgan fingerprint density at radius 2 is 2.08 bits per heavy atom. The number of hydrogen-bond donors (Lipinski definition) is 1. The quantitative estimate of drug-likeness (QED) is 0.871. The van der Waals surface area contributed by atoms with Gasteiger partial charge in [0, 0.05) is 0 Å². The number of aliphatic carboxylic acids is 1. The Labute approximate surface area is 155 Å². The van der Waals surface area contributed by atoms with Gasteiger partial charge in [-0.25, -0.2) is 4.79 Å². The second-order valence-electron chi connectivity index (χ2n) is 6.29. The van der Waals surface area contributed by atoms with Gasteiger partial charge in [-0.05, 0) is 38.5 Å². The van der Waals surface area contributed by atoms with Crippen LogP contribution in [0.25, 0.3) is 0 Å². The van der Waals surface area contributed by atoms with Crippen molar-refractivity contribution >= 4 is 23.5 Å². The molecule has 9 heteroatoms. The normalized spacial score (nSPS) is 17.5. The van der Waals surface area contributed by atoms with Gasteiger partial charge < -0.3 is 19.3 Å². The molecule has 1 amide bonds. The van der Waals surface area contributed by atoms with E-state index in [1.807, 2.05) is 13.0 Å². The Balaban J connectivity index is 1.82. The molecule has 0 spiro atoms. The number of rotatable bonds is 4. The molecule has 0 bridgehead atoms. The Morgan fingerprint density at radius 3 is 2.77 bits per heavy atom. The first kappa shape index (κ1) is 18.2. The van der Waals surface area contributed by atoms with Gasteiger partial charge in [-0.15, -0.1) is 10.2 Å². The van der Waals surface area contributed by atoms with Gasteiger partial charge >= 0.3 is 5.97 Å². The number of carbonyl (C=O) groups is 2. The lowest BCUT2D eigenvalue weighted by atomic mass is 10.1. The SMILES string of the molecule is Cc1ccc(Cl)c(OC(C)C(=O)N2Cc3nnc(C)n3CC2C(=O)O)c1. The molecule has 2 atom stereocenters. The van der Waals surface area contributed by atoms with Crippen LogP contribution in [0.15, 0.2) is 18.2 Å². The lowest BCUT2D eigenvalue weighted by molar-refractivity contribution is -0.155. The highest BCUT2D eigenvalue weighted by Crippen LogP contribution is 2.27. The number of hydrogen-bond acceptors (Lipinski definition) is 5. The monoisotopic (exact) mass is 378 g/mol. The molecule has 0 aliphatic carbocycles. The molecule has 138 valence electrons.